The highest BCUT2D eigenvalue weighted by molar-refractivity contribution is 5.82. The molecule has 2 fully saturated rings. The number of aliphatic hydroxyl groups is 1. The van der Waals surface area contributed by atoms with Crippen molar-refractivity contribution in [3.8, 4) is 11.8 Å². The number of nitrogens with zero attached hydrogens (tertiary/aromatic N) is 5. The molecular weight excluding hydrogens is 397 g/mol. The fourth-order valence-electron chi connectivity index (χ4n) is 4.86. The summed E-state index contributed by atoms with van der Waals surface area (Å²) in [5, 5.41) is 15.3. The zero-order chi connectivity index (χ0) is 21.7. The number of aromatic nitrogens is 4. The van der Waals surface area contributed by atoms with Gasteiger partial charge in [0, 0.05) is 29.8 Å². The van der Waals surface area contributed by atoms with E-state index in [2.05, 4.69) is 27.2 Å². The van der Waals surface area contributed by atoms with Gasteiger partial charge >= 0.3 is 6.01 Å². The zero-order valence-electron chi connectivity index (χ0n) is 18.1. The Hall–Kier alpha value is -2.58. The first kappa shape index (κ1) is 20.3. The highest BCUT2D eigenvalue weighted by Crippen LogP contribution is 2.38. The van der Waals surface area contributed by atoms with Crippen LogP contribution in [0.1, 0.15) is 47.9 Å². The van der Waals surface area contributed by atoms with Crippen LogP contribution in [0.25, 0.3) is 16.7 Å². The van der Waals surface area contributed by atoms with Crippen LogP contribution in [0, 0.1) is 6.92 Å². The number of aliphatic hydroxyl groups excluding tert-OH is 1. The Morgan fingerprint density at radius 2 is 2.00 bits per heavy atom. The van der Waals surface area contributed by atoms with Gasteiger partial charge in [-0.3, -0.25) is 0 Å². The quantitative estimate of drug-likeness (QED) is 0.692. The number of piperidine rings is 1. The summed E-state index contributed by atoms with van der Waals surface area (Å²) in [6.45, 7) is 3.40. The molecule has 1 aromatic carbocycles. The van der Waals surface area contributed by atoms with E-state index < -0.39 is 6.17 Å². The molecule has 1 N–H and O–H groups in total. The Balaban J connectivity index is 1.57. The van der Waals surface area contributed by atoms with Gasteiger partial charge in [-0.1, -0.05) is 0 Å². The monoisotopic (exact) mass is 425 g/mol. The maximum absolute atomic E-state index is 14.9. The van der Waals surface area contributed by atoms with Crippen molar-refractivity contribution in [2.75, 3.05) is 27.2 Å². The van der Waals surface area contributed by atoms with E-state index in [0.717, 1.165) is 40.7 Å². The number of hydrogen-bond donors (Lipinski definition) is 1. The molecular formula is C23H28FN5O2. The lowest BCUT2D eigenvalue weighted by molar-refractivity contribution is 0.0729. The van der Waals surface area contributed by atoms with Crippen LogP contribution in [0.15, 0.2) is 24.4 Å². The number of aryl methyl sites for hydroxylation is 1. The predicted molar refractivity (Wildman–Crippen MR) is 116 cm³/mol. The zero-order valence-corrected chi connectivity index (χ0v) is 18.1. The molecule has 3 heterocycles. The molecule has 2 aromatic heterocycles. The minimum atomic E-state index is -0.887. The molecule has 164 valence electrons. The van der Waals surface area contributed by atoms with Crippen molar-refractivity contribution < 1.29 is 14.2 Å². The molecule has 5 rings (SSSR count). The number of fused-ring (bicyclic) bond motifs is 1. The van der Waals surface area contributed by atoms with Crippen molar-refractivity contribution in [1.82, 2.24) is 24.6 Å². The third kappa shape index (κ3) is 3.68. The van der Waals surface area contributed by atoms with Crippen molar-refractivity contribution >= 4 is 10.9 Å². The first-order chi connectivity index (χ1) is 14.9. The third-order valence-corrected chi connectivity index (χ3v) is 6.74. The van der Waals surface area contributed by atoms with Crippen molar-refractivity contribution in [2.24, 2.45) is 0 Å². The average Bonchev–Trinajstić information content (AvgIpc) is 3.13. The molecule has 2 unspecified atom stereocenters. The summed E-state index contributed by atoms with van der Waals surface area (Å²) in [5.41, 5.74) is 3.88. The second kappa shape index (κ2) is 7.84. The number of methoxy groups -OCH3 is 1. The molecule has 3 aromatic rings. The van der Waals surface area contributed by atoms with Crippen LogP contribution < -0.4 is 4.74 Å². The molecule has 8 heteroatoms. The smallest absolute Gasteiger partial charge is 0.318 e. The van der Waals surface area contributed by atoms with E-state index in [-0.39, 0.29) is 24.0 Å². The minimum absolute atomic E-state index is 0.115. The van der Waals surface area contributed by atoms with Crippen LogP contribution in [0.2, 0.25) is 0 Å². The van der Waals surface area contributed by atoms with Crippen molar-refractivity contribution in [3.63, 3.8) is 0 Å². The van der Waals surface area contributed by atoms with Gasteiger partial charge in [0.2, 0.25) is 0 Å². The Bertz CT molecular complexity index is 1110. The van der Waals surface area contributed by atoms with Gasteiger partial charge in [0.1, 0.15) is 6.17 Å². The summed E-state index contributed by atoms with van der Waals surface area (Å²) in [6, 6.07) is 6.35. The molecule has 0 spiro atoms. The Morgan fingerprint density at radius 3 is 2.71 bits per heavy atom. The maximum Gasteiger partial charge on any atom is 0.318 e. The summed E-state index contributed by atoms with van der Waals surface area (Å²) in [7, 11) is 3.51. The fourth-order valence-corrected chi connectivity index (χ4v) is 4.86. The van der Waals surface area contributed by atoms with Gasteiger partial charge in [-0.15, -0.1) is 0 Å². The number of benzene rings is 1. The van der Waals surface area contributed by atoms with Gasteiger partial charge in [-0.25, -0.2) is 9.07 Å². The standard InChI is InChI=1S/C23H28FN5O2/c1-13-6-15-11-25-29(21(15)9-18(13)17-4-5-28(2)12-19(17)24)22-10-20(14-7-16(30)8-14)26-23(27-22)31-3/h6,9-11,14,16-17,19,30H,4-5,7-8,12H2,1-3H3/t14-,16+,17?,19?. The van der Waals surface area contributed by atoms with Crippen LogP contribution in [0.5, 0.6) is 6.01 Å². The molecule has 7 nitrogen and oxygen atoms in total. The van der Waals surface area contributed by atoms with Crippen molar-refractivity contribution in [2.45, 2.75) is 50.3 Å². The van der Waals surface area contributed by atoms with Crippen LogP contribution in [-0.4, -0.2) is 69.3 Å². The second-order valence-electron chi connectivity index (χ2n) is 8.96. The summed E-state index contributed by atoms with van der Waals surface area (Å²) in [5.74, 6) is 0.695. The van der Waals surface area contributed by atoms with E-state index in [1.54, 1.807) is 11.8 Å². The SMILES string of the molecule is COc1nc(-n2ncc3cc(C)c(C4CCN(C)CC4F)cc32)cc([C@H]2C[C@@H](O)C2)n1. The van der Waals surface area contributed by atoms with Crippen molar-refractivity contribution in [1.29, 1.82) is 0 Å². The topological polar surface area (TPSA) is 76.3 Å². The molecule has 1 saturated carbocycles. The van der Waals surface area contributed by atoms with Gasteiger partial charge in [-0.2, -0.15) is 15.1 Å². The second-order valence-corrected chi connectivity index (χ2v) is 8.96. The predicted octanol–water partition coefficient (Wildman–Crippen LogP) is 3.13. The van der Waals surface area contributed by atoms with Crippen LogP contribution in [0.3, 0.4) is 0 Å². The van der Waals surface area contributed by atoms with Crippen LogP contribution in [0.4, 0.5) is 4.39 Å². The van der Waals surface area contributed by atoms with Gasteiger partial charge < -0.3 is 14.7 Å². The molecule has 1 aliphatic carbocycles. The highest BCUT2D eigenvalue weighted by atomic mass is 19.1. The first-order valence-electron chi connectivity index (χ1n) is 10.8. The molecule has 0 amide bonds. The molecule has 1 aliphatic heterocycles. The fraction of sp³-hybridized carbons (Fsp3) is 0.522. The van der Waals surface area contributed by atoms with Gasteiger partial charge in [0.15, 0.2) is 5.82 Å². The molecule has 1 saturated heterocycles. The first-order valence-corrected chi connectivity index (χ1v) is 10.8. The van der Waals surface area contributed by atoms with E-state index in [4.69, 9.17) is 4.74 Å². The Morgan fingerprint density at radius 1 is 1.19 bits per heavy atom. The van der Waals surface area contributed by atoms with E-state index >= 15 is 0 Å². The lowest BCUT2D eigenvalue weighted by Crippen LogP contribution is -2.38. The van der Waals surface area contributed by atoms with Gasteiger partial charge in [0.25, 0.3) is 0 Å². The average molecular weight is 426 g/mol. The number of hydrogen-bond acceptors (Lipinski definition) is 6. The summed E-state index contributed by atoms with van der Waals surface area (Å²) < 4.78 is 22.0. The lowest BCUT2D eigenvalue weighted by Gasteiger charge is -2.33. The lowest BCUT2D eigenvalue weighted by atomic mass is 9.80. The number of likely N-dealkylation sites (tertiary alicyclic amines) is 1. The number of rotatable bonds is 4. The molecule has 2 aliphatic rings. The largest absolute Gasteiger partial charge is 0.467 e. The molecule has 0 radical (unpaired) electrons. The number of ether oxygens (including phenoxy) is 1. The van der Waals surface area contributed by atoms with E-state index in [0.29, 0.717) is 25.2 Å². The van der Waals surface area contributed by atoms with Crippen LogP contribution >= 0.6 is 0 Å². The Kier molecular flexibility index (Phi) is 5.14. The summed E-state index contributed by atoms with van der Waals surface area (Å²) in [6.07, 6.45) is 2.84. The molecule has 0 bridgehead atoms. The van der Waals surface area contributed by atoms with Crippen molar-refractivity contribution in [3.05, 3.63) is 41.2 Å². The van der Waals surface area contributed by atoms with Gasteiger partial charge in [0.05, 0.1) is 30.6 Å². The van der Waals surface area contributed by atoms with E-state index in [1.807, 2.05) is 31.1 Å². The summed E-state index contributed by atoms with van der Waals surface area (Å²) in [4.78, 5) is 11.0. The minimum Gasteiger partial charge on any atom is -0.467 e. The Labute approximate surface area is 180 Å². The normalized spacial score (nSPS) is 26.7. The van der Waals surface area contributed by atoms with E-state index in [9.17, 15) is 9.50 Å². The number of halogens is 1. The third-order valence-electron chi connectivity index (χ3n) is 6.74. The summed E-state index contributed by atoms with van der Waals surface area (Å²) >= 11 is 0. The maximum atomic E-state index is 14.9. The molecule has 2 atom stereocenters. The molecule has 31 heavy (non-hydrogen) atoms. The van der Waals surface area contributed by atoms with E-state index in [1.165, 1.54) is 0 Å². The number of alkyl halides is 1. The van der Waals surface area contributed by atoms with Crippen LogP contribution in [-0.2, 0) is 0 Å². The van der Waals surface area contributed by atoms with Gasteiger partial charge in [-0.05, 0) is 63.0 Å². The highest BCUT2D eigenvalue weighted by Gasteiger charge is 2.32.